The van der Waals surface area contributed by atoms with Crippen LogP contribution in [0.25, 0.3) is 0 Å². The van der Waals surface area contributed by atoms with Gasteiger partial charge in [0.25, 0.3) is 0 Å². The highest BCUT2D eigenvalue weighted by atomic mass is 32.2. The third-order valence-electron chi connectivity index (χ3n) is 2.97. The van der Waals surface area contributed by atoms with Crippen molar-refractivity contribution >= 4 is 23.6 Å². The number of thioether (sulfide) groups is 1. The van der Waals surface area contributed by atoms with Crippen molar-refractivity contribution in [2.75, 3.05) is 0 Å². The second-order valence-electron chi connectivity index (χ2n) is 5.69. The summed E-state index contributed by atoms with van der Waals surface area (Å²) in [7, 11) is 0. The van der Waals surface area contributed by atoms with Crippen LogP contribution in [0.3, 0.4) is 0 Å². The van der Waals surface area contributed by atoms with Gasteiger partial charge in [-0.3, -0.25) is 19.9 Å². The number of pyridine rings is 1. The zero-order chi connectivity index (χ0) is 14.0. The van der Waals surface area contributed by atoms with E-state index < -0.39 is 0 Å². The van der Waals surface area contributed by atoms with Crippen molar-refractivity contribution in [1.29, 1.82) is 0 Å². The highest BCUT2D eigenvalue weighted by Gasteiger charge is 2.27. The molecular formula is C14H18N2O2S. The van der Waals surface area contributed by atoms with E-state index in [9.17, 15) is 9.59 Å². The van der Waals surface area contributed by atoms with Gasteiger partial charge in [0.1, 0.15) is 0 Å². The first-order chi connectivity index (χ1) is 8.86. The summed E-state index contributed by atoms with van der Waals surface area (Å²) in [6.45, 7) is 6.34. The van der Waals surface area contributed by atoms with Gasteiger partial charge < -0.3 is 0 Å². The number of hydrogen-bond donors (Lipinski definition) is 1. The van der Waals surface area contributed by atoms with Gasteiger partial charge >= 0.3 is 0 Å². The van der Waals surface area contributed by atoms with Crippen LogP contribution in [0.1, 0.15) is 39.3 Å². The number of amides is 2. The third kappa shape index (κ3) is 3.56. The van der Waals surface area contributed by atoms with Crippen molar-refractivity contribution < 1.29 is 9.59 Å². The molecule has 1 unspecified atom stereocenters. The van der Waals surface area contributed by atoms with Crippen molar-refractivity contribution in [2.45, 2.75) is 49.2 Å². The van der Waals surface area contributed by atoms with Crippen molar-refractivity contribution in [2.24, 2.45) is 0 Å². The maximum absolute atomic E-state index is 11.7. The maximum Gasteiger partial charge on any atom is 0.240 e. The van der Waals surface area contributed by atoms with Crippen LogP contribution < -0.4 is 5.32 Å². The first-order valence-corrected chi connectivity index (χ1v) is 7.21. The minimum absolute atomic E-state index is 0.0256. The quantitative estimate of drug-likeness (QED) is 0.843. The van der Waals surface area contributed by atoms with Crippen LogP contribution in [0.4, 0.5) is 0 Å². The molecule has 0 spiro atoms. The Bertz CT molecular complexity index is 491. The van der Waals surface area contributed by atoms with Gasteiger partial charge in [-0.1, -0.05) is 20.8 Å². The number of rotatable bonds is 2. The van der Waals surface area contributed by atoms with E-state index in [0.717, 1.165) is 10.6 Å². The molecule has 1 atom stereocenters. The number of carbonyl (C=O) groups is 2. The molecule has 102 valence electrons. The molecule has 1 fully saturated rings. The second kappa shape index (κ2) is 5.33. The molecule has 1 aromatic heterocycles. The fourth-order valence-corrected chi connectivity index (χ4v) is 2.83. The highest BCUT2D eigenvalue weighted by Crippen LogP contribution is 2.29. The van der Waals surface area contributed by atoms with E-state index in [0.29, 0.717) is 12.8 Å². The van der Waals surface area contributed by atoms with E-state index in [1.807, 2.05) is 12.1 Å². The van der Waals surface area contributed by atoms with Crippen LogP contribution in [-0.2, 0) is 15.0 Å². The van der Waals surface area contributed by atoms with E-state index in [1.165, 1.54) is 11.8 Å². The number of aromatic nitrogens is 1. The Labute approximate surface area is 117 Å². The first kappa shape index (κ1) is 14.1. The molecule has 0 aliphatic carbocycles. The van der Waals surface area contributed by atoms with Crippen LogP contribution in [0.2, 0.25) is 0 Å². The van der Waals surface area contributed by atoms with Crippen molar-refractivity contribution in [3.05, 3.63) is 24.0 Å². The average molecular weight is 278 g/mol. The van der Waals surface area contributed by atoms with Gasteiger partial charge in [0, 0.05) is 28.6 Å². The molecule has 1 aliphatic rings. The molecule has 0 aromatic carbocycles. The molecule has 1 aromatic rings. The summed E-state index contributed by atoms with van der Waals surface area (Å²) in [5.74, 6) is -0.371. The lowest BCUT2D eigenvalue weighted by Crippen LogP contribution is -2.42. The Morgan fingerprint density at radius 3 is 2.58 bits per heavy atom. The summed E-state index contributed by atoms with van der Waals surface area (Å²) in [5.41, 5.74) is 1.05. The van der Waals surface area contributed by atoms with Gasteiger partial charge in [-0.2, -0.15) is 0 Å². The van der Waals surface area contributed by atoms with Gasteiger partial charge in [0.2, 0.25) is 11.8 Å². The zero-order valence-electron chi connectivity index (χ0n) is 11.4. The molecule has 0 radical (unpaired) electrons. The van der Waals surface area contributed by atoms with E-state index in [1.54, 1.807) is 6.20 Å². The summed E-state index contributed by atoms with van der Waals surface area (Å²) >= 11 is 1.47. The minimum Gasteiger partial charge on any atom is -0.295 e. The van der Waals surface area contributed by atoms with Crippen LogP contribution >= 0.6 is 11.8 Å². The Balaban J connectivity index is 2.04. The molecule has 0 bridgehead atoms. The van der Waals surface area contributed by atoms with Crippen molar-refractivity contribution in [1.82, 2.24) is 10.3 Å². The Hall–Kier alpha value is -1.36. The Kier molecular flexibility index (Phi) is 3.94. The minimum atomic E-state index is -0.194. The lowest BCUT2D eigenvalue weighted by atomic mass is 9.92. The van der Waals surface area contributed by atoms with Crippen molar-refractivity contribution in [3.8, 4) is 0 Å². The summed E-state index contributed by atoms with van der Waals surface area (Å²) in [4.78, 5) is 28.1. The smallest absolute Gasteiger partial charge is 0.240 e. The molecule has 4 nitrogen and oxygen atoms in total. The third-order valence-corrected chi connectivity index (χ3v) is 4.22. The summed E-state index contributed by atoms with van der Waals surface area (Å²) in [6.07, 6.45) is 2.81. The van der Waals surface area contributed by atoms with E-state index in [-0.39, 0.29) is 22.5 Å². The molecule has 5 heteroatoms. The van der Waals surface area contributed by atoms with Gasteiger partial charge in [-0.05, 0) is 18.6 Å². The van der Waals surface area contributed by atoms with Crippen LogP contribution in [-0.4, -0.2) is 22.0 Å². The number of piperidine rings is 1. The van der Waals surface area contributed by atoms with Crippen molar-refractivity contribution in [3.63, 3.8) is 0 Å². The standard InChI is InChI=1S/C14H18N2O2S/c1-14(2,3)11-6-4-9(8-15-11)19-10-5-7-12(17)16-13(10)18/h4,6,8,10H,5,7H2,1-3H3,(H,16,17,18). The predicted octanol–water partition coefficient (Wildman–Crippen LogP) is 2.28. The van der Waals surface area contributed by atoms with E-state index in [4.69, 9.17) is 0 Å². The molecule has 1 aliphatic heterocycles. The summed E-state index contributed by atoms with van der Waals surface area (Å²) in [5, 5.41) is 2.17. The highest BCUT2D eigenvalue weighted by molar-refractivity contribution is 8.00. The molecule has 1 saturated heterocycles. The Morgan fingerprint density at radius 2 is 2.05 bits per heavy atom. The summed E-state index contributed by atoms with van der Waals surface area (Å²) < 4.78 is 0. The molecule has 19 heavy (non-hydrogen) atoms. The molecule has 2 amide bonds. The fourth-order valence-electron chi connectivity index (χ4n) is 1.84. The number of imide groups is 1. The monoisotopic (exact) mass is 278 g/mol. The fraction of sp³-hybridized carbons (Fsp3) is 0.500. The van der Waals surface area contributed by atoms with E-state index in [2.05, 4.69) is 31.1 Å². The molecule has 1 N–H and O–H groups in total. The van der Waals surface area contributed by atoms with Gasteiger partial charge in [-0.25, -0.2) is 0 Å². The average Bonchev–Trinajstić information content (AvgIpc) is 2.32. The SMILES string of the molecule is CC(C)(C)c1ccc(SC2CCC(=O)NC2=O)cn1. The maximum atomic E-state index is 11.7. The largest absolute Gasteiger partial charge is 0.295 e. The lowest BCUT2D eigenvalue weighted by Gasteiger charge is -2.21. The summed E-state index contributed by atoms with van der Waals surface area (Å²) in [6, 6.07) is 3.98. The first-order valence-electron chi connectivity index (χ1n) is 6.33. The number of nitrogens with one attached hydrogen (secondary N) is 1. The lowest BCUT2D eigenvalue weighted by molar-refractivity contribution is -0.132. The van der Waals surface area contributed by atoms with Crippen LogP contribution in [0.5, 0.6) is 0 Å². The topological polar surface area (TPSA) is 59.1 Å². The molecular weight excluding hydrogens is 260 g/mol. The van der Waals surface area contributed by atoms with Crippen LogP contribution in [0, 0.1) is 0 Å². The molecule has 0 saturated carbocycles. The molecule has 2 rings (SSSR count). The second-order valence-corrected chi connectivity index (χ2v) is 6.96. The predicted molar refractivity (Wildman–Crippen MR) is 75.0 cm³/mol. The normalized spacial score (nSPS) is 20.3. The van der Waals surface area contributed by atoms with Crippen LogP contribution in [0.15, 0.2) is 23.2 Å². The zero-order valence-corrected chi connectivity index (χ0v) is 12.2. The number of nitrogens with zero attached hydrogens (tertiary/aromatic N) is 1. The Morgan fingerprint density at radius 1 is 1.32 bits per heavy atom. The van der Waals surface area contributed by atoms with Gasteiger partial charge in [0.05, 0.1) is 5.25 Å². The van der Waals surface area contributed by atoms with Gasteiger partial charge in [0.15, 0.2) is 0 Å². The number of hydrogen-bond acceptors (Lipinski definition) is 4. The van der Waals surface area contributed by atoms with Gasteiger partial charge in [-0.15, -0.1) is 11.8 Å². The van der Waals surface area contributed by atoms with E-state index >= 15 is 0 Å². The molecule has 2 heterocycles. The number of carbonyl (C=O) groups excluding carboxylic acids is 2.